The number of ether oxygens (including phenoxy) is 2. The molecule has 3 aromatic rings. The van der Waals surface area contributed by atoms with Gasteiger partial charge in [-0.15, -0.1) is 0 Å². The summed E-state index contributed by atoms with van der Waals surface area (Å²) in [5.74, 6) is -12.3. The van der Waals surface area contributed by atoms with Crippen molar-refractivity contribution in [3.63, 3.8) is 0 Å². The van der Waals surface area contributed by atoms with E-state index in [0.717, 1.165) is 0 Å². The average Bonchev–Trinajstić information content (AvgIpc) is 3.35. The number of carboxylic acid groups (broad SMARTS) is 4. The Kier molecular flexibility index (Phi) is 42.0. The molecule has 0 bridgehead atoms. The minimum Gasteiger partial charge on any atom is -0.545 e. The summed E-state index contributed by atoms with van der Waals surface area (Å²) in [7, 11) is 2.49. The quantitative estimate of drug-likeness (QED) is 0.0276. The smallest absolute Gasteiger partial charge is 0.545 e. The number of hydrogen-bond acceptors (Lipinski definition) is 18. The molecule has 24 nitrogen and oxygen atoms in total. The van der Waals surface area contributed by atoms with E-state index in [0.29, 0.717) is 22.3 Å². The van der Waals surface area contributed by atoms with E-state index in [-0.39, 0.29) is 208 Å². The van der Waals surface area contributed by atoms with E-state index in [2.05, 4.69) is 16.0 Å². The SMILES string of the molecule is CC(C)/C(C(=O)[O-])=C(\Cc1ccc(C(=O)NCC(N)=O)cc1)C(=O)[O-].CC(C)/C(C(=O)[O-])=C(\Cc1ccc(C(=O)NCC(N)=O)cc1)C(=O)[O-].COC(=O)/C(Cc1ccc(C(=O)NCC(N)=O)cc1)=C(\C(=O)OC)C(C)C.[Na+].[Na+].[Na+].[Na+]. The van der Waals surface area contributed by atoms with Crippen LogP contribution in [0.3, 0.4) is 0 Å². The van der Waals surface area contributed by atoms with Gasteiger partial charge >= 0.3 is 130 Å². The van der Waals surface area contributed by atoms with Gasteiger partial charge in [-0.3, -0.25) is 28.8 Å². The Morgan fingerprint density at radius 3 is 0.802 bits per heavy atom. The number of aliphatic carboxylic acids is 4. The van der Waals surface area contributed by atoms with Crippen LogP contribution in [0.1, 0.15) is 89.3 Å². The van der Waals surface area contributed by atoms with Crippen molar-refractivity contribution >= 4 is 71.3 Å². The van der Waals surface area contributed by atoms with Crippen LogP contribution in [0.25, 0.3) is 0 Å². The van der Waals surface area contributed by atoms with E-state index in [1.54, 1.807) is 65.8 Å². The van der Waals surface area contributed by atoms with Crippen LogP contribution in [0.5, 0.6) is 0 Å². The van der Waals surface area contributed by atoms with Crippen LogP contribution in [0.15, 0.2) is 106 Å². The topological polar surface area (TPSA) is 430 Å². The summed E-state index contributed by atoms with van der Waals surface area (Å²) in [6.07, 6.45) is -0.238. The van der Waals surface area contributed by atoms with E-state index in [9.17, 15) is 78.0 Å². The number of nitrogens with one attached hydrogen (secondary N) is 3. The van der Waals surface area contributed by atoms with E-state index in [1.807, 2.05) is 0 Å². The number of nitrogens with two attached hydrogens (primary N) is 3. The van der Waals surface area contributed by atoms with Crippen molar-refractivity contribution in [2.75, 3.05) is 33.9 Å². The molecule has 28 heteroatoms. The maximum Gasteiger partial charge on any atom is 1.00 e. The predicted octanol–water partition coefficient (Wildman–Crippen LogP) is -15.4. The summed E-state index contributed by atoms with van der Waals surface area (Å²) in [6, 6.07) is 18.0. The summed E-state index contributed by atoms with van der Waals surface area (Å²) in [4.78, 5) is 137. The number of carboxylic acids is 4. The molecular formula is C53H60N6Na4O18. The van der Waals surface area contributed by atoms with Gasteiger partial charge in [-0.1, -0.05) is 77.9 Å². The van der Waals surface area contributed by atoms with Gasteiger partial charge in [0.25, 0.3) is 17.7 Å². The normalized spacial score (nSPS) is 11.0. The minimum absolute atomic E-state index is 0. The molecule has 0 unspecified atom stereocenters. The van der Waals surface area contributed by atoms with Crippen molar-refractivity contribution in [2.45, 2.75) is 60.8 Å². The molecule has 0 spiro atoms. The van der Waals surface area contributed by atoms with Gasteiger partial charge in [-0.25, -0.2) is 9.59 Å². The minimum atomic E-state index is -1.59. The van der Waals surface area contributed by atoms with Gasteiger partial charge in [0.2, 0.25) is 17.7 Å². The number of carbonyl (C=O) groups is 12. The second kappa shape index (κ2) is 41.5. The van der Waals surface area contributed by atoms with Gasteiger partial charge < -0.3 is 82.2 Å². The summed E-state index contributed by atoms with van der Waals surface area (Å²) < 4.78 is 9.60. The standard InChI is InChI=1S/C19H24N2O6.2C17H20N2O6.4Na/c1-11(2)16(19(25)27-4)14(18(24)26-3)9-12-5-7-13(8-6-12)17(23)21-10-15(20)22;2*1-9(2)14(17(24)25)12(16(22)23)7-10-3-5-11(6-4-10)15(21)19-8-13(18)20;;;;/h5-8,11H,9-10H2,1-4H3,(H2,20,22)(H,21,23);2*3-6,9H,7-8H2,1-2H3,(H2,18,20)(H,19,21)(H,22,23)(H,24,25);;;;/q;;;4*+1/p-4/b16-14-;2*14-12-;;;;. The first-order valence-electron chi connectivity index (χ1n) is 23.1. The summed E-state index contributed by atoms with van der Waals surface area (Å²) in [6.45, 7) is 8.86. The van der Waals surface area contributed by atoms with Crippen LogP contribution in [-0.4, -0.2) is 105 Å². The molecule has 0 saturated carbocycles. The molecule has 81 heavy (non-hydrogen) atoms. The predicted molar refractivity (Wildman–Crippen MR) is 265 cm³/mol. The molecule has 0 fully saturated rings. The molecular weight excluding hydrogens is 1100 g/mol. The molecule has 3 aromatic carbocycles. The monoisotopic (exact) mass is 1160 g/mol. The van der Waals surface area contributed by atoms with Crippen molar-refractivity contribution in [3.05, 3.63) is 140 Å². The number of esters is 2. The molecule has 0 saturated heterocycles. The van der Waals surface area contributed by atoms with Gasteiger partial charge in [0.05, 0.1) is 68.9 Å². The average molecular weight is 1160 g/mol. The molecule has 0 aliphatic heterocycles. The van der Waals surface area contributed by atoms with Crippen LogP contribution in [0.2, 0.25) is 0 Å². The summed E-state index contributed by atoms with van der Waals surface area (Å²) in [5, 5.41) is 52.0. The first-order chi connectivity index (χ1) is 36.0. The Hall–Kier alpha value is -5.48. The second-order valence-corrected chi connectivity index (χ2v) is 17.3. The number of benzene rings is 3. The molecule has 0 aliphatic carbocycles. The number of amides is 6. The van der Waals surface area contributed by atoms with Crippen LogP contribution in [-0.2, 0) is 71.9 Å². The number of methoxy groups -OCH3 is 2. The largest absolute Gasteiger partial charge is 1.00 e. The maximum atomic E-state index is 12.2. The first kappa shape index (κ1) is 82.0. The van der Waals surface area contributed by atoms with Crippen molar-refractivity contribution in [3.8, 4) is 0 Å². The fraction of sp³-hybridized carbons (Fsp3) is 0.321. The fourth-order valence-electron chi connectivity index (χ4n) is 6.93. The molecule has 0 aromatic heterocycles. The summed E-state index contributed by atoms with van der Waals surface area (Å²) in [5.41, 5.74) is 16.4. The fourth-order valence-corrected chi connectivity index (χ4v) is 6.93. The van der Waals surface area contributed by atoms with Crippen molar-refractivity contribution in [1.29, 1.82) is 0 Å². The molecule has 0 aliphatic rings. The van der Waals surface area contributed by atoms with Gasteiger partial charge in [0, 0.05) is 23.1 Å². The van der Waals surface area contributed by atoms with Gasteiger partial charge in [-0.05, 0) is 106 Å². The van der Waals surface area contributed by atoms with Crippen LogP contribution in [0, 0.1) is 17.8 Å². The van der Waals surface area contributed by atoms with Crippen molar-refractivity contribution in [1.82, 2.24) is 16.0 Å². The third-order valence-corrected chi connectivity index (χ3v) is 10.5. The van der Waals surface area contributed by atoms with E-state index < -0.39 is 83.1 Å². The number of rotatable bonds is 24. The third-order valence-electron chi connectivity index (χ3n) is 10.5. The van der Waals surface area contributed by atoms with Gasteiger partial charge in [0.15, 0.2) is 0 Å². The van der Waals surface area contributed by atoms with E-state index in [1.165, 1.54) is 62.8 Å². The molecule has 3 rings (SSSR count). The second-order valence-electron chi connectivity index (χ2n) is 17.3. The number of carbonyl (C=O) groups excluding carboxylic acids is 12. The Bertz CT molecular complexity index is 2690. The molecule has 0 heterocycles. The number of hydrogen-bond donors (Lipinski definition) is 6. The Morgan fingerprint density at radius 2 is 0.617 bits per heavy atom. The Balaban J connectivity index is -0.000000536. The Morgan fingerprint density at radius 1 is 0.383 bits per heavy atom. The van der Waals surface area contributed by atoms with E-state index in [4.69, 9.17) is 26.7 Å². The van der Waals surface area contributed by atoms with Crippen LogP contribution < -0.4 is 172 Å². The molecule has 0 atom stereocenters. The Labute approximate surface area is 556 Å². The maximum absolute atomic E-state index is 12.2. The molecule has 0 radical (unpaired) electrons. The third kappa shape index (κ3) is 29.4. The molecule has 6 amide bonds. The summed E-state index contributed by atoms with van der Waals surface area (Å²) >= 11 is 0. The zero-order valence-electron chi connectivity index (χ0n) is 47.5. The van der Waals surface area contributed by atoms with Gasteiger partial charge in [0.1, 0.15) is 0 Å². The number of primary amides is 3. The van der Waals surface area contributed by atoms with Crippen molar-refractivity contribution < 1.29 is 206 Å². The zero-order valence-corrected chi connectivity index (χ0v) is 55.5. The van der Waals surface area contributed by atoms with Crippen molar-refractivity contribution in [2.24, 2.45) is 35.0 Å². The van der Waals surface area contributed by atoms with Crippen LogP contribution in [0.4, 0.5) is 0 Å². The first-order valence-corrected chi connectivity index (χ1v) is 23.1. The van der Waals surface area contributed by atoms with Crippen LogP contribution >= 0.6 is 0 Å². The zero-order chi connectivity index (χ0) is 58.9. The molecule has 414 valence electrons. The van der Waals surface area contributed by atoms with Gasteiger partial charge in [-0.2, -0.15) is 0 Å². The molecule has 9 N–H and O–H groups in total. The van der Waals surface area contributed by atoms with E-state index >= 15 is 0 Å².